The molecule has 0 atom stereocenters. The van der Waals surface area contributed by atoms with E-state index in [1.54, 1.807) is 30.3 Å². The molecule has 0 bridgehead atoms. The minimum atomic E-state index is -1.69. The van der Waals surface area contributed by atoms with E-state index < -0.39 is 16.5 Å². The number of halogens is 3. The molecular weight excluding hydrogens is 375 g/mol. The molecule has 2 amide bonds. The zero-order valence-electron chi connectivity index (χ0n) is 12.3. The number of nitrogens with one attached hydrogen (secondary N) is 2. The highest BCUT2D eigenvalue weighted by Gasteiger charge is 2.22. The lowest BCUT2D eigenvalue weighted by atomic mass is 10.2. The average Bonchev–Trinajstić information content (AvgIpc) is 2.53. The molecule has 0 radical (unpaired) electrons. The first-order chi connectivity index (χ1) is 11.3. The number of para-hydroxylation sites is 1. The van der Waals surface area contributed by atoms with Gasteiger partial charge >= 0.3 is 6.09 Å². The van der Waals surface area contributed by atoms with Crippen LogP contribution in [0.3, 0.4) is 0 Å². The maximum Gasteiger partial charge on any atom is 0.411 e. The Kier molecular flexibility index (Phi) is 6.31. The van der Waals surface area contributed by atoms with Crippen molar-refractivity contribution in [3.63, 3.8) is 0 Å². The lowest BCUT2D eigenvalue weighted by Gasteiger charge is -2.12. The molecule has 24 heavy (non-hydrogen) atoms. The van der Waals surface area contributed by atoms with Crippen LogP contribution in [0.15, 0.2) is 54.6 Å². The van der Waals surface area contributed by atoms with Crippen molar-refractivity contribution in [2.75, 3.05) is 17.2 Å². The van der Waals surface area contributed by atoms with Crippen LogP contribution in [-0.4, -0.2) is 22.4 Å². The second-order valence-electron chi connectivity index (χ2n) is 4.72. The molecule has 2 aromatic carbocycles. The normalized spacial score (nSPS) is 10.8. The zero-order valence-corrected chi connectivity index (χ0v) is 14.5. The van der Waals surface area contributed by atoms with Crippen LogP contribution in [-0.2, 0) is 4.74 Å². The summed E-state index contributed by atoms with van der Waals surface area (Å²) in [5, 5.41) is 5.21. The molecule has 2 N–H and O–H groups in total. The Morgan fingerprint density at radius 1 is 0.917 bits per heavy atom. The number of rotatable bonds is 4. The monoisotopic (exact) mass is 386 g/mol. The van der Waals surface area contributed by atoms with E-state index in [1.165, 1.54) is 6.07 Å². The maximum atomic E-state index is 12.2. The van der Waals surface area contributed by atoms with Crippen molar-refractivity contribution >= 4 is 58.2 Å². The Bertz CT molecular complexity index is 718. The molecule has 0 aromatic heterocycles. The van der Waals surface area contributed by atoms with E-state index in [2.05, 4.69) is 10.6 Å². The van der Waals surface area contributed by atoms with Gasteiger partial charge in [-0.2, -0.15) is 0 Å². The number of carbonyl (C=O) groups is 2. The smallest absolute Gasteiger partial charge is 0.411 e. The molecule has 0 saturated heterocycles. The van der Waals surface area contributed by atoms with Gasteiger partial charge in [0.15, 0.2) is 0 Å². The highest BCUT2D eigenvalue weighted by molar-refractivity contribution is 6.67. The van der Waals surface area contributed by atoms with Crippen LogP contribution in [0.5, 0.6) is 0 Å². The standard InChI is InChI=1S/C16H13Cl3N2O3/c17-16(18,19)10-24-15(23)21-13-8-4-5-11(9-13)14(22)20-12-6-2-1-3-7-12/h1-9H,10H2,(H,20,22)(H,21,23). The van der Waals surface area contributed by atoms with Crippen molar-refractivity contribution in [3.05, 3.63) is 60.2 Å². The fourth-order valence-electron chi connectivity index (χ4n) is 1.76. The Hall–Kier alpha value is -1.95. The second-order valence-corrected chi connectivity index (χ2v) is 7.23. The van der Waals surface area contributed by atoms with Crippen molar-refractivity contribution in [2.45, 2.75) is 3.79 Å². The van der Waals surface area contributed by atoms with Crippen LogP contribution in [0.1, 0.15) is 10.4 Å². The summed E-state index contributed by atoms with van der Waals surface area (Å²) in [4.78, 5) is 23.8. The van der Waals surface area contributed by atoms with Crippen LogP contribution in [0.25, 0.3) is 0 Å². The van der Waals surface area contributed by atoms with Gasteiger partial charge in [-0.25, -0.2) is 4.79 Å². The van der Waals surface area contributed by atoms with Gasteiger partial charge in [0.05, 0.1) is 0 Å². The van der Waals surface area contributed by atoms with E-state index in [0.29, 0.717) is 16.9 Å². The summed E-state index contributed by atoms with van der Waals surface area (Å²) in [6.07, 6.45) is -0.790. The predicted molar refractivity (Wildman–Crippen MR) is 96.1 cm³/mol. The topological polar surface area (TPSA) is 67.4 Å². The molecule has 0 spiro atoms. The third kappa shape index (κ3) is 6.28. The van der Waals surface area contributed by atoms with E-state index >= 15 is 0 Å². The minimum absolute atomic E-state index is 0.306. The number of benzene rings is 2. The van der Waals surface area contributed by atoms with E-state index in [-0.39, 0.29) is 5.91 Å². The lowest BCUT2D eigenvalue weighted by Crippen LogP contribution is -2.21. The molecule has 8 heteroatoms. The van der Waals surface area contributed by atoms with E-state index in [1.807, 2.05) is 18.2 Å². The largest absolute Gasteiger partial charge is 0.445 e. The van der Waals surface area contributed by atoms with Gasteiger partial charge in [0.25, 0.3) is 5.91 Å². The van der Waals surface area contributed by atoms with E-state index in [4.69, 9.17) is 39.5 Å². The zero-order chi connectivity index (χ0) is 17.6. The average molecular weight is 388 g/mol. The first kappa shape index (κ1) is 18.4. The quantitative estimate of drug-likeness (QED) is 0.736. The van der Waals surface area contributed by atoms with Crippen LogP contribution in [0.4, 0.5) is 16.2 Å². The third-order valence-electron chi connectivity index (χ3n) is 2.77. The number of anilines is 2. The summed E-state index contributed by atoms with van der Waals surface area (Å²) in [5.41, 5.74) is 1.42. The Morgan fingerprint density at radius 2 is 1.58 bits per heavy atom. The Labute approximate surface area is 153 Å². The van der Waals surface area contributed by atoms with Gasteiger partial charge in [0.1, 0.15) is 6.61 Å². The summed E-state index contributed by atoms with van der Waals surface area (Å²) in [5.74, 6) is -0.306. The molecule has 0 aliphatic rings. The molecule has 0 fully saturated rings. The molecule has 0 aliphatic carbocycles. The Balaban J connectivity index is 1.98. The van der Waals surface area contributed by atoms with Crippen LogP contribution in [0, 0.1) is 0 Å². The van der Waals surface area contributed by atoms with Crippen molar-refractivity contribution in [1.82, 2.24) is 0 Å². The van der Waals surface area contributed by atoms with Gasteiger partial charge in [0, 0.05) is 16.9 Å². The molecule has 0 unspecified atom stereocenters. The summed E-state index contributed by atoms with van der Waals surface area (Å²) in [6.45, 7) is -0.391. The molecule has 5 nitrogen and oxygen atoms in total. The van der Waals surface area contributed by atoms with Gasteiger partial charge in [-0.3, -0.25) is 10.1 Å². The summed E-state index contributed by atoms with van der Waals surface area (Å²) < 4.78 is 3.07. The molecule has 0 heterocycles. The van der Waals surface area contributed by atoms with E-state index in [9.17, 15) is 9.59 Å². The van der Waals surface area contributed by atoms with Crippen molar-refractivity contribution in [1.29, 1.82) is 0 Å². The summed E-state index contributed by atoms with van der Waals surface area (Å²) >= 11 is 16.5. The summed E-state index contributed by atoms with van der Waals surface area (Å²) in [6, 6.07) is 15.4. The van der Waals surface area contributed by atoms with Crippen LogP contribution in [0.2, 0.25) is 0 Å². The van der Waals surface area contributed by atoms with Gasteiger partial charge in [-0.1, -0.05) is 59.1 Å². The SMILES string of the molecule is O=C(Nc1cccc(C(=O)Nc2ccccc2)c1)OCC(Cl)(Cl)Cl. The predicted octanol–water partition coefficient (Wildman–Crippen LogP) is 4.86. The molecule has 126 valence electrons. The third-order valence-corrected chi connectivity index (χ3v) is 3.10. The molecule has 0 aliphatic heterocycles. The number of carbonyl (C=O) groups excluding carboxylic acids is 2. The molecular formula is C16H13Cl3N2O3. The van der Waals surface area contributed by atoms with Crippen molar-refractivity contribution in [2.24, 2.45) is 0 Å². The maximum absolute atomic E-state index is 12.2. The van der Waals surface area contributed by atoms with Crippen molar-refractivity contribution < 1.29 is 14.3 Å². The molecule has 2 rings (SSSR count). The first-order valence-electron chi connectivity index (χ1n) is 6.80. The van der Waals surface area contributed by atoms with E-state index in [0.717, 1.165) is 0 Å². The van der Waals surface area contributed by atoms with Gasteiger partial charge < -0.3 is 10.1 Å². The fourth-order valence-corrected chi connectivity index (χ4v) is 1.93. The first-order valence-corrected chi connectivity index (χ1v) is 7.94. The fraction of sp³-hybridized carbons (Fsp3) is 0.125. The number of ether oxygens (including phenoxy) is 1. The Morgan fingerprint density at radius 3 is 2.25 bits per heavy atom. The highest BCUT2D eigenvalue weighted by atomic mass is 35.6. The highest BCUT2D eigenvalue weighted by Crippen LogP contribution is 2.26. The van der Waals surface area contributed by atoms with Crippen LogP contribution >= 0.6 is 34.8 Å². The lowest BCUT2D eigenvalue weighted by molar-refractivity contribution is 0.102. The number of hydrogen-bond acceptors (Lipinski definition) is 3. The number of alkyl halides is 3. The summed E-state index contributed by atoms with van der Waals surface area (Å²) in [7, 11) is 0. The minimum Gasteiger partial charge on any atom is -0.445 e. The number of amides is 2. The van der Waals surface area contributed by atoms with Gasteiger partial charge in [-0.05, 0) is 30.3 Å². The second kappa shape index (κ2) is 8.24. The number of hydrogen-bond donors (Lipinski definition) is 2. The molecule has 2 aromatic rings. The van der Waals surface area contributed by atoms with Crippen molar-refractivity contribution in [3.8, 4) is 0 Å². The molecule has 0 saturated carbocycles. The van der Waals surface area contributed by atoms with Crippen LogP contribution < -0.4 is 10.6 Å². The van der Waals surface area contributed by atoms with Gasteiger partial charge in [-0.15, -0.1) is 0 Å². The van der Waals surface area contributed by atoms with Gasteiger partial charge in [0.2, 0.25) is 3.79 Å².